The zero-order valence-electron chi connectivity index (χ0n) is 28.2. The Labute approximate surface area is 271 Å². The number of aliphatic carboxylic acids is 1. The van der Waals surface area contributed by atoms with Gasteiger partial charge in [-0.25, -0.2) is 9.59 Å². The summed E-state index contributed by atoms with van der Waals surface area (Å²) in [6.07, 6.45) is 0.111. The van der Waals surface area contributed by atoms with Crippen molar-refractivity contribution >= 4 is 35.6 Å². The zero-order chi connectivity index (χ0) is 34.6. The third kappa shape index (κ3) is 12.8. The van der Waals surface area contributed by atoms with Crippen LogP contribution in [-0.4, -0.2) is 75.9 Å². The maximum absolute atomic E-state index is 13.7. The number of carbonyl (C=O) groups excluding carboxylic acids is 5. The van der Waals surface area contributed by atoms with Gasteiger partial charge in [0.15, 0.2) is 5.78 Å². The molecule has 1 fully saturated rings. The van der Waals surface area contributed by atoms with Gasteiger partial charge in [0, 0.05) is 25.3 Å². The second kappa shape index (κ2) is 17.7. The first-order valence-corrected chi connectivity index (χ1v) is 16.0. The number of carboxylic acids is 1. The fourth-order valence-corrected chi connectivity index (χ4v) is 5.25. The van der Waals surface area contributed by atoms with Crippen molar-refractivity contribution in [2.45, 2.75) is 117 Å². The number of carbonyl (C=O) groups is 6. The predicted octanol–water partition coefficient (Wildman–Crippen LogP) is 4.24. The minimum absolute atomic E-state index is 0.00357. The Hall–Kier alpha value is -3.96. The van der Waals surface area contributed by atoms with Crippen molar-refractivity contribution in [2.24, 2.45) is 17.8 Å². The van der Waals surface area contributed by atoms with E-state index >= 15 is 0 Å². The zero-order valence-corrected chi connectivity index (χ0v) is 28.2. The van der Waals surface area contributed by atoms with E-state index < -0.39 is 71.2 Å². The first-order chi connectivity index (χ1) is 21.5. The number of carboxylic acid groups (broad SMARTS) is 1. The molecule has 46 heavy (non-hydrogen) atoms. The largest absolute Gasteiger partial charge is 0.480 e. The Morgan fingerprint density at radius 3 is 2.22 bits per heavy atom. The van der Waals surface area contributed by atoms with E-state index in [0.717, 1.165) is 5.56 Å². The molecule has 0 unspecified atom stereocenters. The normalized spacial score (nSPS) is 16.8. The second-order valence-electron chi connectivity index (χ2n) is 13.6. The molecule has 12 nitrogen and oxygen atoms in total. The molecule has 0 radical (unpaired) electrons. The molecule has 3 N–H and O–H groups in total. The van der Waals surface area contributed by atoms with Crippen LogP contribution in [0.5, 0.6) is 0 Å². The molecule has 0 aliphatic carbocycles. The summed E-state index contributed by atoms with van der Waals surface area (Å²) in [7, 11) is 0. The smallest absolute Gasteiger partial charge is 0.410 e. The molecule has 0 saturated carbocycles. The Bertz CT molecular complexity index is 1210. The van der Waals surface area contributed by atoms with Crippen LogP contribution in [0.4, 0.5) is 4.79 Å². The Kier molecular flexibility index (Phi) is 14.7. The number of hydrogen-bond donors (Lipinski definition) is 3. The van der Waals surface area contributed by atoms with Gasteiger partial charge in [0.05, 0.1) is 6.04 Å². The highest BCUT2D eigenvalue weighted by Gasteiger charge is 2.38. The Morgan fingerprint density at radius 1 is 1.00 bits per heavy atom. The lowest BCUT2D eigenvalue weighted by atomic mass is 9.89. The van der Waals surface area contributed by atoms with Crippen molar-refractivity contribution in [3.8, 4) is 0 Å². The molecule has 1 heterocycles. The lowest BCUT2D eigenvalue weighted by Crippen LogP contribution is -2.52. The van der Waals surface area contributed by atoms with Crippen molar-refractivity contribution in [2.75, 3.05) is 6.54 Å². The summed E-state index contributed by atoms with van der Waals surface area (Å²) >= 11 is 0. The van der Waals surface area contributed by atoms with Crippen LogP contribution in [0.15, 0.2) is 30.3 Å². The highest BCUT2D eigenvalue weighted by atomic mass is 16.6. The fourth-order valence-electron chi connectivity index (χ4n) is 5.25. The SMILES string of the molecule is CC(C)C[C@H](NC(=O)[C@@H]1CCCN1C(=O)OCc1ccccc1)C(=O)C[C@@H](CCC(=O)OC(C)(C)C)C(=O)N[C@H](C(=O)O)C(C)C. The van der Waals surface area contributed by atoms with E-state index in [2.05, 4.69) is 10.6 Å². The average Bonchev–Trinajstić information content (AvgIpc) is 3.45. The molecular formula is C34H51N3O9. The number of likely N-dealkylation sites (tertiary alicyclic amines) is 1. The number of amides is 3. The molecular weight excluding hydrogens is 594 g/mol. The number of esters is 1. The Morgan fingerprint density at radius 2 is 1.65 bits per heavy atom. The highest BCUT2D eigenvalue weighted by Crippen LogP contribution is 2.22. The summed E-state index contributed by atoms with van der Waals surface area (Å²) in [5.74, 6) is -4.83. The van der Waals surface area contributed by atoms with Crippen LogP contribution in [0.1, 0.15) is 92.6 Å². The van der Waals surface area contributed by atoms with E-state index in [1.807, 2.05) is 44.2 Å². The topological polar surface area (TPSA) is 168 Å². The maximum atomic E-state index is 13.7. The number of hydrogen-bond acceptors (Lipinski definition) is 8. The van der Waals surface area contributed by atoms with Gasteiger partial charge in [-0.15, -0.1) is 0 Å². The second-order valence-corrected chi connectivity index (χ2v) is 13.6. The first-order valence-electron chi connectivity index (χ1n) is 16.0. The van der Waals surface area contributed by atoms with Crippen LogP contribution in [0.3, 0.4) is 0 Å². The third-order valence-corrected chi connectivity index (χ3v) is 7.57. The van der Waals surface area contributed by atoms with Gasteiger partial charge in [0.25, 0.3) is 0 Å². The molecule has 256 valence electrons. The lowest BCUT2D eigenvalue weighted by molar-refractivity contribution is -0.155. The third-order valence-electron chi connectivity index (χ3n) is 7.57. The maximum Gasteiger partial charge on any atom is 0.410 e. The predicted molar refractivity (Wildman–Crippen MR) is 170 cm³/mol. The molecule has 12 heteroatoms. The minimum Gasteiger partial charge on any atom is -0.480 e. The average molecular weight is 646 g/mol. The number of Topliss-reactive ketones (excluding diaryl/α,β-unsaturated/α-hetero) is 1. The summed E-state index contributed by atoms with van der Waals surface area (Å²) < 4.78 is 10.8. The van der Waals surface area contributed by atoms with Crippen LogP contribution in [0, 0.1) is 17.8 Å². The molecule has 0 bridgehead atoms. The van der Waals surface area contributed by atoms with Gasteiger partial charge < -0.3 is 25.2 Å². The molecule has 1 aromatic carbocycles. The van der Waals surface area contributed by atoms with Crippen LogP contribution in [0.25, 0.3) is 0 Å². The highest BCUT2D eigenvalue weighted by molar-refractivity contribution is 5.95. The number of benzene rings is 1. The molecule has 1 saturated heterocycles. The summed E-state index contributed by atoms with van der Waals surface area (Å²) in [6.45, 7) is 12.6. The van der Waals surface area contributed by atoms with Gasteiger partial charge in [-0.2, -0.15) is 0 Å². The summed E-state index contributed by atoms with van der Waals surface area (Å²) in [5.41, 5.74) is 0.0674. The number of nitrogens with one attached hydrogen (secondary N) is 2. The van der Waals surface area contributed by atoms with Crippen molar-refractivity contribution in [1.29, 1.82) is 0 Å². The number of ketones is 1. The van der Waals surface area contributed by atoms with E-state index in [1.165, 1.54) is 4.90 Å². The lowest BCUT2D eigenvalue weighted by Gasteiger charge is -2.28. The van der Waals surface area contributed by atoms with Gasteiger partial charge in [0.2, 0.25) is 11.8 Å². The van der Waals surface area contributed by atoms with E-state index in [-0.39, 0.29) is 38.2 Å². The van der Waals surface area contributed by atoms with Gasteiger partial charge in [-0.3, -0.25) is 24.1 Å². The van der Waals surface area contributed by atoms with Gasteiger partial charge in [0.1, 0.15) is 24.3 Å². The summed E-state index contributed by atoms with van der Waals surface area (Å²) in [6, 6.07) is 6.21. The fraction of sp³-hybridized carbons (Fsp3) is 0.647. The first kappa shape index (κ1) is 38.2. The minimum atomic E-state index is -1.21. The van der Waals surface area contributed by atoms with E-state index in [1.54, 1.807) is 34.6 Å². The number of rotatable bonds is 16. The van der Waals surface area contributed by atoms with Gasteiger partial charge in [-0.05, 0) is 63.9 Å². The molecule has 2 rings (SSSR count). The van der Waals surface area contributed by atoms with E-state index in [0.29, 0.717) is 19.4 Å². The molecule has 1 aliphatic heterocycles. The van der Waals surface area contributed by atoms with Crippen molar-refractivity contribution in [1.82, 2.24) is 15.5 Å². The Balaban J connectivity index is 2.18. The van der Waals surface area contributed by atoms with E-state index in [4.69, 9.17) is 9.47 Å². The van der Waals surface area contributed by atoms with Crippen molar-refractivity contribution in [3.05, 3.63) is 35.9 Å². The standard InChI is InChI=1S/C34H51N3O9/c1-21(2)18-25(35-31(41)26-14-11-17-37(26)33(44)45-20-23-12-9-8-10-13-23)27(38)19-24(15-16-28(39)46-34(5,6)7)30(40)36-29(22(3)4)32(42)43/h8-10,12-13,21-22,24-26,29H,11,14-20H2,1-7H3,(H,35,41)(H,36,40)(H,42,43)/t24-,25+,26+,29+/m1/s1. The van der Waals surface area contributed by atoms with Crippen LogP contribution in [-0.2, 0) is 40.1 Å². The quantitative estimate of drug-likeness (QED) is 0.223. The van der Waals surface area contributed by atoms with Crippen molar-refractivity contribution in [3.63, 3.8) is 0 Å². The number of ether oxygens (including phenoxy) is 2. The molecule has 3 amide bonds. The molecule has 0 aromatic heterocycles. The van der Waals surface area contributed by atoms with Crippen molar-refractivity contribution < 1.29 is 43.3 Å². The summed E-state index contributed by atoms with van der Waals surface area (Å²) in [5, 5.41) is 14.9. The van der Waals surface area contributed by atoms with Crippen LogP contribution < -0.4 is 10.6 Å². The van der Waals surface area contributed by atoms with Gasteiger partial charge in [-0.1, -0.05) is 58.0 Å². The van der Waals surface area contributed by atoms with Gasteiger partial charge >= 0.3 is 18.0 Å². The monoisotopic (exact) mass is 645 g/mol. The van der Waals surface area contributed by atoms with Crippen LogP contribution >= 0.6 is 0 Å². The molecule has 1 aliphatic rings. The summed E-state index contributed by atoms with van der Waals surface area (Å²) in [4.78, 5) is 79.0. The number of nitrogens with zero attached hydrogens (tertiary/aromatic N) is 1. The molecule has 0 spiro atoms. The molecule has 4 atom stereocenters. The van der Waals surface area contributed by atoms with Crippen LogP contribution in [0.2, 0.25) is 0 Å². The van der Waals surface area contributed by atoms with E-state index in [9.17, 15) is 33.9 Å². The molecule has 1 aromatic rings.